The summed E-state index contributed by atoms with van der Waals surface area (Å²) in [5, 5.41) is 2.52. The Morgan fingerprint density at radius 3 is 2.55 bits per heavy atom. The van der Waals surface area contributed by atoms with E-state index in [1.165, 1.54) is 28.6 Å². The van der Waals surface area contributed by atoms with Crippen molar-refractivity contribution in [1.29, 1.82) is 0 Å². The molecule has 22 heavy (non-hydrogen) atoms. The van der Waals surface area contributed by atoms with Gasteiger partial charge in [0.25, 0.3) is 5.91 Å². The van der Waals surface area contributed by atoms with Gasteiger partial charge in [-0.2, -0.15) is 4.31 Å². The summed E-state index contributed by atoms with van der Waals surface area (Å²) >= 11 is 0. The van der Waals surface area contributed by atoms with Gasteiger partial charge in [-0.1, -0.05) is 0 Å². The smallest absolute Gasteiger partial charge is 0.251 e. The molecule has 2 rings (SSSR count). The van der Waals surface area contributed by atoms with Gasteiger partial charge >= 0.3 is 0 Å². The molecular formula is C14H19FN2O4S. The molecule has 1 saturated heterocycles. The first-order valence-electron chi connectivity index (χ1n) is 6.84. The number of ether oxygens (including phenoxy) is 1. The summed E-state index contributed by atoms with van der Waals surface area (Å²) in [6, 6.07) is 5.04. The second-order valence-corrected chi connectivity index (χ2v) is 7.73. The van der Waals surface area contributed by atoms with Crippen LogP contribution >= 0.6 is 0 Å². The van der Waals surface area contributed by atoms with Crippen molar-refractivity contribution < 1.29 is 22.3 Å². The fourth-order valence-corrected chi connectivity index (χ4v) is 3.81. The van der Waals surface area contributed by atoms with Crippen LogP contribution < -0.4 is 5.32 Å². The monoisotopic (exact) mass is 330 g/mol. The predicted octanol–water partition coefficient (Wildman–Crippen LogP) is 0.954. The molecule has 1 aromatic carbocycles. The Bertz CT molecular complexity index is 643. The Morgan fingerprint density at radius 2 is 2.00 bits per heavy atom. The van der Waals surface area contributed by atoms with E-state index in [4.69, 9.17) is 4.74 Å². The van der Waals surface area contributed by atoms with E-state index >= 15 is 0 Å². The SMILES string of the molecule is CC1(C)COCN1S(=O)(=O)CCNC(=O)c1ccc(F)cc1. The number of nitrogens with zero attached hydrogens (tertiary/aromatic N) is 1. The number of amides is 1. The number of hydrogen-bond acceptors (Lipinski definition) is 4. The Morgan fingerprint density at radius 1 is 1.36 bits per heavy atom. The van der Waals surface area contributed by atoms with E-state index < -0.39 is 27.3 Å². The maximum Gasteiger partial charge on any atom is 0.251 e. The number of carbonyl (C=O) groups excluding carboxylic acids is 1. The number of hydrogen-bond donors (Lipinski definition) is 1. The zero-order valence-corrected chi connectivity index (χ0v) is 13.3. The highest BCUT2D eigenvalue weighted by molar-refractivity contribution is 7.89. The van der Waals surface area contributed by atoms with Crippen LogP contribution in [0.1, 0.15) is 24.2 Å². The van der Waals surface area contributed by atoms with Gasteiger partial charge in [0.2, 0.25) is 10.0 Å². The maximum absolute atomic E-state index is 12.8. The van der Waals surface area contributed by atoms with Crippen molar-refractivity contribution in [1.82, 2.24) is 9.62 Å². The Balaban J connectivity index is 1.90. The molecule has 122 valence electrons. The van der Waals surface area contributed by atoms with Crippen LogP contribution in [0.5, 0.6) is 0 Å². The topological polar surface area (TPSA) is 75.7 Å². The Labute approximate surface area is 129 Å². The normalized spacial score (nSPS) is 18.3. The first-order chi connectivity index (χ1) is 10.2. The minimum Gasteiger partial charge on any atom is -0.363 e. The molecule has 6 nitrogen and oxygen atoms in total. The summed E-state index contributed by atoms with van der Waals surface area (Å²) in [5.41, 5.74) is -0.302. The van der Waals surface area contributed by atoms with Crippen molar-refractivity contribution >= 4 is 15.9 Å². The van der Waals surface area contributed by atoms with Gasteiger partial charge in [0.15, 0.2) is 0 Å². The van der Waals surface area contributed by atoms with E-state index in [0.717, 1.165) is 0 Å². The molecule has 1 N–H and O–H groups in total. The summed E-state index contributed by atoms with van der Waals surface area (Å²) in [5.74, 6) is -1.09. The van der Waals surface area contributed by atoms with Gasteiger partial charge in [0.1, 0.15) is 12.5 Å². The van der Waals surface area contributed by atoms with E-state index in [1.54, 1.807) is 13.8 Å². The van der Waals surface area contributed by atoms with Crippen molar-refractivity contribution in [3.63, 3.8) is 0 Å². The Kier molecular flexibility index (Phi) is 4.84. The third kappa shape index (κ3) is 3.82. The van der Waals surface area contributed by atoms with Gasteiger partial charge < -0.3 is 10.1 Å². The zero-order valence-electron chi connectivity index (χ0n) is 12.5. The Hall–Kier alpha value is -1.51. The fraction of sp³-hybridized carbons (Fsp3) is 0.500. The molecule has 0 radical (unpaired) electrons. The highest BCUT2D eigenvalue weighted by Crippen LogP contribution is 2.24. The second-order valence-electron chi connectivity index (χ2n) is 5.72. The van der Waals surface area contributed by atoms with Crippen LogP contribution in [0.3, 0.4) is 0 Å². The summed E-state index contributed by atoms with van der Waals surface area (Å²) < 4.78 is 43.8. The molecule has 0 unspecified atom stereocenters. The lowest BCUT2D eigenvalue weighted by atomic mass is 10.1. The first kappa shape index (κ1) is 16.9. The van der Waals surface area contributed by atoms with Crippen LogP contribution in [0, 0.1) is 5.82 Å². The second kappa shape index (κ2) is 6.31. The number of halogens is 1. The van der Waals surface area contributed by atoms with Crippen molar-refractivity contribution in [3.05, 3.63) is 35.6 Å². The highest BCUT2D eigenvalue weighted by atomic mass is 32.2. The third-order valence-electron chi connectivity index (χ3n) is 3.43. The van der Waals surface area contributed by atoms with Crippen molar-refractivity contribution in [2.75, 3.05) is 25.6 Å². The molecule has 1 aliphatic rings. The van der Waals surface area contributed by atoms with Gasteiger partial charge in [0, 0.05) is 12.1 Å². The molecule has 0 spiro atoms. The van der Waals surface area contributed by atoms with E-state index in [0.29, 0.717) is 6.61 Å². The standard InChI is InChI=1S/C14H19FN2O4S/c1-14(2)9-21-10-17(14)22(19,20)8-7-16-13(18)11-3-5-12(15)6-4-11/h3-6H,7-10H2,1-2H3,(H,16,18). The molecule has 0 atom stereocenters. The molecule has 1 heterocycles. The summed E-state index contributed by atoms with van der Waals surface area (Å²) in [6.45, 7) is 3.92. The minimum atomic E-state index is -3.52. The van der Waals surface area contributed by atoms with Crippen molar-refractivity contribution in [3.8, 4) is 0 Å². The average molecular weight is 330 g/mol. The fourth-order valence-electron chi connectivity index (χ4n) is 2.19. The number of carbonyl (C=O) groups is 1. The molecule has 0 saturated carbocycles. The molecule has 0 aromatic heterocycles. The van der Waals surface area contributed by atoms with Crippen LogP contribution in [0.15, 0.2) is 24.3 Å². The average Bonchev–Trinajstić information content (AvgIpc) is 2.79. The molecule has 8 heteroatoms. The van der Waals surface area contributed by atoms with Crippen LogP contribution in [0.25, 0.3) is 0 Å². The molecule has 0 aliphatic carbocycles. The van der Waals surface area contributed by atoms with Crippen molar-refractivity contribution in [2.45, 2.75) is 19.4 Å². The largest absolute Gasteiger partial charge is 0.363 e. The lowest BCUT2D eigenvalue weighted by Gasteiger charge is -2.28. The lowest BCUT2D eigenvalue weighted by molar-refractivity contribution is 0.0956. The number of benzene rings is 1. The van der Waals surface area contributed by atoms with Gasteiger partial charge in [-0.05, 0) is 38.1 Å². The maximum atomic E-state index is 12.8. The summed E-state index contributed by atoms with van der Waals surface area (Å²) in [4.78, 5) is 11.8. The van der Waals surface area contributed by atoms with Gasteiger partial charge in [-0.15, -0.1) is 0 Å². The van der Waals surface area contributed by atoms with Crippen LogP contribution in [-0.2, 0) is 14.8 Å². The number of rotatable bonds is 5. The van der Waals surface area contributed by atoms with Crippen molar-refractivity contribution in [2.24, 2.45) is 0 Å². The summed E-state index contributed by atoms with van der Waals surface area (Å²) in [7, 11) is -3.52. The molecule has 0 bridgehead atoms. The van der Waals surface area contributed by atoms with Gasteiger partial charge in [-0.25, -0.2) is 12.8 Å². The predicted molar refractivity (Wildman–Crippen MR) is 79.3 cm³/mol. The van der Waals surface area contributed by atoms with Crippen LogP contribution in [-0.4, -0.2) is 49.8 Å². The molecular weight excluding hydrogens is 311 g/mol. The highest BCUT2D eigenvalue weighted by Gasteiger charge is 2.40. The first-order valence-corrected chi connectivity index (χ1v) is 8.45. The molecule has 1 aliphatic heterocycles. The van der Waals surface area contributed by atoms with Crippen LogP contribution in [0.4, 0.5) is 4.39 Å². The lowest BCUT2D eigenvalue weighted by Crippen LogP contribution is -2.46. The number of sulfonamides is 1. The van der Waals surface area contributed by atoms with Gasteiger partial charge in [0.05, 0.1) is 17.9 Å². The minimum absolute atomic E-state index is 0.0227. The quantitative estimate of drug-likeness (QED) is 0.872. The summed E-state index contributed by atoms with van der Waals surface area (Å²) in [6.07, 6.45) is 0. The third-order valence-corrected chi connectivity index (χ3v) is 5.42. The molecule has 1 amide bonds. The molecule has 1 fully saturated rings. The van der Waals surface area contributed by atoms with E-state index in [-0.39, 0.29) is 24.6 Å². The molecule has 1 aromatic rings. The number of nitrogens with one attached hydrogen (secondary N) is 1. The zero-order chi connectivity index (χ0) is 16.4. The van der Waals surface area contributed by atoms with Crippen LogP contribution in [0.2, 0.25) is 0 Å². The van der Waals surface area contributed by atoms with E-state index in [2.05, 4.69) is 5.32 Å². The van der Waals surface area contributed by atoms with Gasteiger partial charge in [-0.3, -0.25) is 4.79 Å². The van der Waals surface area contributed by atoms with E-state index in [9.17, 15) is 17.6 Å². The van der Waals surface area contributed by atoms with E-state index in [1.807, 2.05) is 0 Å².